The number of carboxylic acid groups (broad SMARTS) is 1. The molecule has 0 unspecified atom stereocenters. The summed E-state index contributed by atoms with van der Waals surface area (Å²) in [6.45, 7) is 6.13. The highest BCUT2D eigenvalue weighted by Crippen LogP contribution is 2.32. The first-order chi connectivity index (χ1) is 10.6. The highest BCUT2D eigenvalue weighted by Gasteiger charge is 2.22. The maximum Gasteiger partial charge on any atom is 0.347 e. The second-order valence-corrected chi connectivity index (χ2v) is 6.26. The Kier molecular flexibility index (Phi) is 3.74. The molecule has 1 N–H and O–H groups in total. The van der Waals surface area contributed by atoms with Crippen molar-refractivity contribution in [3.63, 3.8) is 0 Å². The number of rotatable bonds is 4. The van der Waals surface area contributed by atoms with Crippen LogP contribution in [0.5, 0.6) is 0 Å². The fourth-order valence-corrected chi connectivity index (χ4v) is 3.86. The zero-order valence-electron chi connectivity index (χ0n) is 12.9. The van der Waals surface area contributed by atoms with Gasteiger partial charge in [0.25, 0.3) is 0 Å². The third-order valence-electron chi connectivity index (χ3n) is 3.86. The largest absolute Gasteiger partial charge is 0.477 e. The van der Waals surface area contributed by atoms with Crippen LogP contribution in [0.3, 0.4) is 0 Å². The summed E-state index contributed by atoms with van der Waals surface area (Å²) >= 11 is 1.26. The Hall–Kier alpha value is -2.14. The van der Waals surface area contributed by atoms with Crippen molar-refractivity contribution in [3.8, 4) is 11.3 Å². The molecule has 0 radical (unpaired) electrons. The van der Waals surface area contributed by atoms with Crippen LogP contribution >= 0.6 is 11.3 Å². The molecular formula is C17H18N2O2S. The molecule has 2 aromatic heterocycles. The number of nitrogens with zero attached hydrogens (tertiary/aromatic N) is 2. The predicted octanol–water partition coefficient (Wildman–Crippen LogP) is 4.19. The number of aromatic nitrogens is 2. The maximum atomic E-state index is 11.4. The lowest BCUT2D eigenvalue weighted by molar-refractivity contribution is 0.0700. The van der Waals surface area contributed by atoms with Gasteiger partial charge in [0, 0.05) is 11.3 Å². The summed E-state index contributed by atoms with van der Waals surface area (Å²) in [6, 6.07) is 8.30. The van der Waals surface area contributed by atoms with E-state index in [4.69, 9.17) is 4.98 Å². The fourth-order valence-electron chi connectivity index (χ4n) is 2.78. The van der Waals surface area contributed by atoms with Gasteiger partial charge < -0.3 is 5.11 Å². The number of hydrogen-bond donors (Lipinski definition) is 1. The van der Waals surface area contributed by atoms with Gasteiger partial charge in [-0.2, -0.15) is 0 Å². The monoisotopic (exact) mass is 314 g/mol. The first-order valence-corrected chi connectivity index (χ1v) is 8.21. The molecule has 0 fully saturated rings. The van der Waals surface area contributed by atoms with Crippen LogP contribution in [0.1, 0.15) is 40.5 Å². The molecule has 3 aromatic rings. The van der Waals surface area contributed by atoms with E-state index in [2.05, 4.69) is 38.1 Å². The van der Waals surface area contributed by atoms with Crippen molar-refractivity contribution in [2.75, 3.05) is 0 Å². The molecule has 0 aliphatic heterocycles. The molecule has 0 saturated heterocycles. The summed E-state index contributed by atoms with van der Waals surface area (Å²) < 4.78 is 2.03. The molecule has 3 rings (SSSR count). The van der Waals surface area contributed by atoms with E-state index >= 15 is 0 Å². The quantitative estimate of drug-likeness (QED) is 0.785. The molecule has 0 aliphatic rings. The molecule has 0 saturated carbocycles. The number of carbonyl (C=O) groups is 1. The summed E-state index contributed by atoms with van der Waals surface area (Å²) in [5.74, 6) is -0.869. The normalized spacial score (nSPS) is 11.2. The molecule has 4 nitrogen and oxygen atoms in total. The molecule has 1 aromatic carbocycles. The second-order valence-electron chi connectivity index (χ2n) is 5.28. The molecule has 0 atom stereocenters. The topological polar surface area (TPSA) is 54.6 Å². The van der Waals surface area contributed by atoms with E-state index in [9.17, 15) is 9.90 Å². The van der Waals surface area contributed by atoms with Gasteiger partial charge in [-0.15, -0.1) is 0 Å². The molecule has 0 spiro atoms. The Morgan fingerprint density at radius 3 is 2.36 bits per heavy atom. The van der Waals surface area contributed by atoms with Gasteiger partial charge in [-0.1, -0.05) is 55.0 Å². The Morgan fingerprint density at radius 2 is 1.82 bits per heavy atom. The van der Waals surface area contributed by atoms with Gasteiger partial charge >= 0.3 is 5.97 Å². The van der Waals surface area contributed by atoms with Gasteiger partial charge in [-0.05, 0) is 19.8 Å². The van der Waals surface area contributed by atoms with Crippen molar-refractivity contribution in [1.82, 2.24) is 9.38 Å². The van der Waals surface area contributed by atoms with Crippen molar-refractivity contribution >= 4 is 22.3 Å². The van der Waals surface area contributed by atoms with Gasteiger partial charge in [0.05, 0.1) is 11.4 Å². The third-order valence-corrected chi connectivity index (χ3v) is 4.93. The summed E-state index contributed by atoms with van der Waals surface area (Å²) in [7, 11) is 0. The highest BCUT2D eigenvalue weighted by atomic mass is 32.1. The van der Waals surface area contributed by atoms with Gasteiger partial charge in [-0.3, -0.25) is 4.40 Å². The number of thiazole rings is 1. The van der Waals surface area contributed by atoms with E-state index in [1.54, 1.807) is 0 Å². The predicted molar refractivity (Wildman–Crippen MR) is 89.0 cm³/mol. The number of fused-ring (bicyclic) bond motifs is 1. The Morgan fingerprint density at radius 1 is 1.18 bits per heavy atom. The first kappa shape index (κ1) is 14.8. The molecule has 22 heavy (non-hydrogen) atoms. The zero-order chi connectivity index (χ0) is 15.9. The number of carboxylic acids is 1. The summed E-state index contributed by atoms with van der Waals surface area (Å²) in [4.78, 5) is 17.3. The highest BCUT2D eigenvalue weighted by molar-refractivity contribution is 7.19. The standard InChI is InChI=1S/C17H18N2O2S/c1-4-12-14(11-8-6-10(3)7-9-11)18-17-19(12)13(5-2)15(22-17)16(20)21/h6-9H,4-5H2,1-3H3,(H,20,21). The van der Waals surface area contributed by atoms with Gasteiger partial charge in [0.15, 0.2) is 4.96 Å². The van der Waals surface area contributed by atoms with Crippen LogP contribution in [0.25, 0.3) is 16.2 Å². The third kappa shape index (κ3) is 2.22. The molecule has 0 aliphatic carbocycles. The van der Waals surface area contributed by atoms with Crippen LogP contribution in [0.4, 0.5) is 0 Å². The SMILES string of the molecule is CCc1c(-c2ccc(C)cc2)nc2sc(C(=O)O)c(CC)n12. The lowest BCUT2D eigenvalue weighted by atomic mass is 10.1. The van der Waals surface area contributed by atoms with Crippen LogP contribution in [-0.2, 0) is 12.8 Å². The van der Waals surface area contributed by atoms with Crippen molar-refractivity contribution in [2.24, 2.45) is 0 Å². The number of aryl methyl sites for hydroxylation is 3. The summed E-state index contributed by atoms with van der Waals surface area (Å²) in [5.41, 5.74) is 5.18. The lowest BCUT2D eigenvalue weighted by Gasteiger charge is -2.05. The summed E-state index contributed by atoms with van der Waals surface area (Å²) in [6.07, 6.45) is 1.49. The molecular weight excluding hydrogens is 296 g/mol. The number of imidazole rings is 1. The van der Waals surface area contributed by atoms with E-state index in [-0.39, 0.29) is 0 Å². The van der Waals surface area contributed by atoms with Crippen molar-refractivity contribution in [1.29, 1.82) is 0 Å². The Balaban J connectivity index is 2.27. The molecule has 5 heteroatoms. The Bertz CT molecular complexity index is 844. The molecule has 114 valence electrons. The van der Waals surface area contributed by atoms with Crippen molar-refractivity contribution in [3.05, 3.63) is 46.1 Å². The first-order valence-electron chi connectivity index (χ1n) is 7.40. The van der Waals surface area contributed by atoms with Crippen LogP contribution in [0, 0.1) is 6.92 Å². The molecule has 0 amide bonds. The smallest absolute Gasteiger partial charge is 0.347 e. The van der Waals surface area contributed by atoms with Crippen LogP contribution in [0.15, 0.2) is 24.3 Å². The Labute approximate surface area is 133 Å². The molecule has 0 bridgehead atoms. The van der Waals surface area contributed by atoms with Gasteiger partial charge in [0.1, 0.15) is 4.88 Å². The van der Waals surface area contributed by atoms with Crippen molar-refractivity contribution in [2.45, 2.75) is 33.6 Å². The van der Waals surface area contributed by atoms with Crippen LogP contribution < -0.4 is 0 Å². The van der Waals surface area contributed by atoms with E-state index in [0.717, 1.165) is 34.0 Å². The van der Waals surface area contributed by atoms with E-state index in [1.807, 2.05) is 11.3 Å². The number of benzene rings is 1. The number of hydrogen-bond acceptors (Lipinski definition) is 3. The lowest BCUT2D eigenvalue weighted by Crippen LogP contribution is -2.03. The number of aromatic carboxylic acids is 1. The maximum absolute atomic E-state index is 11.4. The van der Waals surface area contributed by atoms with Gasteiger partial charge in [0.2, 0.25) is 0 Å². The van der Waals surface area contributed by atoms with E-state index in [0.29, 0.717) is 11.3 Å². The molecule has 2 heterocycles. The summed E-state index contributed by atoms with van der Waals surface area (Å²) in [5, 5.41) is 9.37. The fraction of sp³-hybridized carbons (Fsp3) is 0.294. The van der Waals surface area contributed by atoms with E-state index in [1.165, 1.54) is 16.9 Å². The minimum atomic E-state index is -0.869. The average molecular weight is 314 g/mol. The van der Waals surface area contributed by atoms with Crippen molar-refractivity contribution < 1.29 is 9.90 Å². The van der Waals surface area contributed by atoms with Crippen LogP contribution in [0.2, 0.25) is 0 Å². The van der Waals surface area contributed by atoms with Crippen LogP contribution in [-0.4, -0.2) is 20.5 Å². The van der Waals surface area contributed by atoms with Gasteiger partial charge in [-0.25, -0.2) is 9.78 Å². The minimum Gasteiger partial charge on any atom is -0.477 e. The van der Waals surface area contributed by atoms with E-state index < -0.39 is 5.97 Å². The minimum absolute atomic E-state index is 0.398. The average Bonchev–Trinajstić information content (AvgIpc) is 3.03. The second kappa shape index (κ2) is 5.57. The zero-order valence-corrected chi connectivity index (χ0v) is 13.7.